The Morgan fingerprint density at radius 1 is 1.17 bits per heavy atom. The Labute approximate surface area is 268 Å². The van der Waals surface area contributed by atoms with Gasteiger partial charge in [-0.25, -0.2) is 18.2 Å². The highest BCUT2D eigenvalue weighted by molar-refractivity contribution is 7.22. The number of thiazole rings is 1. The molecule has 2 aromatic heterocycles. The van der Waals surface area contributed by atoms with E-state index in [-0.39, 0.29) is 70.2 Å². The van der Waals surface area contributed by atoms with Crippen molar-refractivity contribution in [3.05, 3.63) is 48.1 Å². The average molecular weight is 679 g/mol. The van der Waals surface area contributed by atoms with E-state index in [9.17, 15) is 26.7 Å². The summed E-state index contributed by atoms with van der Waals surface area (Å²) in [6, 6.07) is 2.24. The molecule has 2 aromatic carbocycles. The number of ether oxygens (including phenoxy) is 2. The van der Waals surface area contributed by atoms with Gasteiger partial charge in [0.15, 0.2) is 10.9 Å². The number of benzene rings is 2. The zero-order valence-electron chi connectivity index (χ0n) is 24.7. The molecule has 0 aliphatic carbocycles. The molecule has 3 aliphatic rings. The lowest BCUT2D eigenvalue weighted by Crippen LogP contribution is -2.43. The first-order valence-corrected chi connectivity index (χ1v) is 15.7. The molecule has 7 rings (SSSR count). The molecule has 3 saturated heterocycles. The number of nitrogens with two attached hydrogens (primary N) is 1. The van der Waals surface area contributed by atoms with Crippen molar-refractivity contribution in [1.82, 2.24) is 24.8 Å². The number of hydrogen-bond donors (Lipinski definition) is 1. The lowest BCUT2D eigenvalue weighted by Gasteiger charge is -2.30. The molecule has 9 nitrogen and oxygen atoms in total. The number of alkyl halides is 4. The van der Waals surface area contributed by atoms with Crippen LogP contribution in [-0.2, 0) is 11.0 Å². The third-order valence-corrected chi connectivity index (χ3v) is 10.00. The lowest BCUT2D eigenvalue weighted by molar-refractivity contribution is -0.137. The van der Waals surface area contributed by atoms with E-state index in [1.807, 2.05) is 4.90 Å². The molecule has 0 radical (unpaired) electrons. The molecule has 1 amide bonds. The zero-order valence-corrected chi connectivity index (χ0v) is 25.6. The lowest BCUT2D eigenvalue weighted by atomic mass is 9.95. The Bertz CT molecular complexity index is 1920. The van der Waals surface area contributed by atoms with E-state index in [2.05, 4.69) is 21.5 Å². The summed E-state index contributed by atoms with van der Waals surface area (Å²) in [5, 5.41) is -0.501. The second kappa shape index (κ2) is 11.5. The monoisotopic (exact) mass is 678 g/mol. The molecule has 0 spiro atoms. The number of likely N-dealkylation sites (tertiary alicyclic amines) is 1. The number of halogens is 6. The number of anilines is 1. The third kappa shape index (κ3) is 5.50. The number of hydrogen-bond acceptors (Lipinski definition) is 9. The molecule has 0 saturated carbocycles. The van der Waals surface area contributed by atoms with Gasteiger partial charge in [0.2, 0.25) is 11.8 Å². The molecule has 5 heterocycles. The zero-order chi connectivity index (χ0) is 33.2. The van der Waals surface area contributed by atoms with Crippen LogP contribution in [0, 0.1) is 11.6 Å². The number of carbonyl (C=O) groups is 1. The average Bonchev–Trinajstić information content (AvgIpc) is 3.79. The van der Waals surface area contributed by atoms with Crippen LogP contribution in [-0.4, -0.2) is 81.3 Å². The topological polar surface area (TPSA) is 107 Å². The minimum Gasteiger partial charge on any atom is -0.472 e. The van der Waals surface area contributed by atoms with Crippen LogP contribution < -0.4 is 15.2 Å². The third-order valence-electron chi connectivity index (χ3n) is 9.10. The summed E-state index contributed by atoms with van der Waals surface area (Å²) < 4.78 is 102. The van der Waals surface area contributed by atoms with Crippen molar-refractivity contribution in [3.63, 3.8) is 0 Å². The van der Waals surface area contributed by atoms with E-state index >= 15 is 4.39 Å². The molecule has 47 heavy (non-hydrogen) atoms. The van der Waals surface area contributed by atoms with Crippen molar-refractivity contribution in [2.75, 3.05) is 38.5 Å². The first kappa shape index (κ1) is 31.4. The number of rotatable bonds is 7. The van der Waals surface area contributed by atoms with Crippen molar-refractivity contribution in [2.24, 2.45) is 0 Å². The number of fused-ring (bicyclic) bond motifs is 3. The van der Waals surface area contributed by atoms with Gasteiger partial charge in [0, 0.05) is 37.1 Å². The van der Waals surface area contributed by atoms with Gasteiger partial charge in [0.25, 0.3) is 0 Å². The standard InChI is InChI=1S/C31H28F6N6O3S/c1-2-21(44)42-9-6-16(13-42)46-27-18-10-19(31(35,36)37)22(17-4-5-20(33)26-25(17)39-28(38)47-26)23(34)24(18)40-29(41-27)45-14-30-7-3-8-43(30)12-15(32)11-30/h2,4-5,10,15-16H,1,3,6-9,11-14H2,(H2,38,39)/t15-,16-,30+/m1/s1. The summed E-state index contributed by atoms with van der Waals surface area (Å²) >= 11 is 0.720. The molecule has 0 unspecified atom stereocenters. The van der Waals surface area contributed by atoms with E-state index < -0.39 is 52.3 Å². The quantitative estimate of drug-likeness (QED) is 0.190. The maximum absolute atomic E-state index is 16.7. The first-order valence-electron chi connectivity index (χ1n) is 14.9. The molecule has 3 aliphatic heterocycles. The van der Waals surface area contributed by atoms with Gasteiger partial charge >= 0.3 is 12.2 Å². The second-order valence-electron chi connectivity index (χ2n) is 12.0. The van der Waals surface area contributed by atoms with Crippen LogP contribution in [0.25, 0.3) is 32.2 Å². The molecular weight excluding hydrogens is 650 g/mol. The van der Waals surface area contributed by atoms with Gasteiger partial charge in [-0.2, -0.15) is 23.1 Å². The van der Waals surface area contributed by atoms with Crippen molar-refractivity contribution >= 4 is 43.5 Å². The van der Waals surface area contributed by atoms with Gasteiger partial charge < -0.3 is 20.1 Å². The molecule has 3 atom stereocenters. The minimum absolute atomic E-state index is 0.0325. The van der Waals surface area contributed by atoms with Crippen molar-refractivity contribution in [1.29, 1.82) is 0 Å². The summed E-state index contributed by atoms with van der Waals surface area (Å²) in [5.74, 6) is -2.88. The maximum atomic E-state index is 16.7. The minimum atomic E-state index is -5.09. The number of nitrogens with zero attached hydrogens (tertiary/aromatic N) is 5. The van der Waals surface area contributed by atoms with Crippen LogP contribution in [0.15, 0.2) is 30.9 Å². The van der Waals surface area contributed by atoms with Gasteiger partial charge in [-0.15, -0.1) is 0 Å². The normalized spacial score (nSPS) is 23.1. The fraction of sp³-hybridized carbons (Fsp3) is 0.419. The second-order valence-corrected chi connectivity index (χ2v) is 13.1. The molecule has 248 valence electrons. The number of carbonyl (C=O) groups excluding carboxylic acids is 1. The fourth-order valence-electron chi connectivity index (χ4n) is 6.97. The summed E-state index contributed by atoms with van der Waals surface area (Å²) in [5.41, 5.74) is 1.73. The van der Waals surface area contributed by atoms with Crippen molar-refractivity contribution in [3.8, 4) is 23.0 Å². The molecular formula is C31H28F6N6O3S. The van der Waals surface area contributed by atoms with Gasteiger partial charge in [-0.1, -0.05) is 17.9 Å². The number of aromatic nitrogens is 3. The van der Waals surface area contributed by atoms with Crippen LogP contribution in [0.5, 0.6) is 11.9 Å². The van der Waals surface area contributed by atoms with Gasteiger partial charge in [-0.3, -0.25) is 9.69 Å². The molecule has 0 bridgehead atoms. The highest BCUT2D eigenvalue weighted by Gasteiger charge is 2.49. The molecule has 4 aromatic rings. The van der Waals surface area contributed by atoms with Crippen LogP contribution in [0.1, 0.15) is 31.2 Å². The number of nitrogen functional groups attached to an aromatic ring is 1. The predicted octanol–water partition coefficient (Wildman–Crippen LogP) is 5.91. The highest BCUT2D eigenvalue weighted by atomic mass is 32.1. The van der Waals surface area contributed by atoms with E-state index in [4.69, 9.17) is 15.2 Å². The summed E-state index contributed by atoms with van der Waals surface area (Å²) in [4.78, 5) is 28.1. The van der Waals surface area contributed by atoms with E-state index in [1.165, 1.54) is 4.90 Å². The predicted molar refractivity (Wildman–Crippen MR) is 162 cm³/mol. The molecule has 2 N–H and O–H groups in total. The van der Waals surface area contributed by atoms with E-state index in [0.717, 1.165) is 36.0 Å². The largest absolute Gasteiger partial charge is 0.472 e. The Morgan fingerprint density at radius 3 is 2.74 bits per heavy atom. The maximum Gasteiger partial charge on any atom is 0.417 e. The Kier molecular flexibility index (Phi) is 7.69. The summed E-state index contributed by atoms with van der Waals surface area (Å²) in [6.45, 7) is 4.77. The Morgan fingerprint density at radius 2 is 1.98 bits per heavy atom. The van der Waals surface area contributed by atoms with Crippen LogP contribution >= 0.6 is 11.3 Å². The van der Waals surface area contributed by atoms with E-state index in [0.29, 0.717) is 32.0 Å². The van der Waals surface area contributed by atoms with Crippen LogP contribution in [0.2, 0.25) is 0 Å². The Hall–Kier alpha value is -4.18. The molecule has 3 fully saturated rings. The molecule has 16 heteroatoms. The fourth-order valence-corrected chi connectivity index (χ4v) is 7.74. The Balaban J connectivity index is 1.38. The van der Waals surface area contributed by atoms with E-state index in [1.54, 1.807) is 0 Å². The van der Waals surface area contributed by atoms with Gasteiger partial charge in [0.05, 0.1) is 33.2 Å². The number of amides is 1. The smallest absolute Gasteiger partial charge is 0.417 e. The van der Waals surface area contributed by atoms with Crippen LogP contribution in [0.4, 0.5) is 31.5 Å². The first-order chi connectivity index (χ1) is 22.4. The van der Waals surface area contributed by atoms with Crippen LogP contribution in [0.3, 0.4) is 0 Å². The van der Waals surface area contributed by atoms with Crippen molar-refractivity contribution in [2.45, 2.75) is 49.7 Å². The highest BCUT2D eigenvalue weighted by Crippen LogP contribution is 2.46. The van der Waals surface area contributed by atoms with Gasteiger partial charge in [-0.05, 0) is 43.7 Å². The summed E-state index contributed by atoms with van der Waals surface area (Å²) in [7, 11) is 0. The summed E-state index contributed by atoms with van der Waals surface area (Å²) in [6.07, 6.45) is -3.65. The SMILES string of the molecule is C=CC(=O)N1CC[C@@H](Oc2nc(OC[C@@]34CCCN3C[C@H](F)C4)nc3c(F)c(-c4ccc(F)c5sc(N)nc45)c(C(F)(F)F)cc23)C1. The van der Waals surface area contributed by atoms with Crippen molar-refractivity contribution < 1.29 is 40.6 Å². The van der Waals surface area contributed by atoms with Gasteiger partial charge in [0.1, 0.15) is 30.2 Å².